The average Bonchev–Trinajstić information content (AvgIpc) is 2.39. The molecule has 5 heteroatoms. The van der Waals surface area contributed by atoms with E-state index in [-0.39, 0.29) is 11.8 Å². The van der Waals surface area contributed by atoms with Gasteiger partial charge in [-0.15, -0.1) is 0 Å². The third-order valence-electron chi connectivity index (χ3n) is 3.34. The van der Waals surface area contributed by atoms with Crippen LogP contribution >= 0.6 is 11.6 Å². The topological polar surface area (TPSA) is 66.4 Å². The van der Waals surface area contributed by atoms with Gasteiger partial charge in [0.1, 0.15) is 6.04 Å². The highest BCUT2D eigenvalue weighted by atomic mass is 35.5. The molecule has 0 bridgehead atoms. The molecule has 1 rings (SSSR count). The highest BCUT2D eigenvalue weighted by molar-refractivity contribution is 6.31. The lowest BCUT2D eigenvalue weighted by Gasteiger charge is -2.17. The number of hydrogen-bond donors (Lipinski definition) is 2. The third-order valence-corrected chi connectivity index (χ3v) is 3.76. The maximum absolute atomic E-state index is 11.8. The molecule has 21 heavy (non-hydrogen) atoms. The van der Waals surface area contributed by atoms with E-state index in [9.17, 15) is 9.59 Å². The molecule has 0 spiro atoms. The van der Waals surface area contributed by atoms with Crippen molar-refractivity contribution in [2.75, 3.05) is 0 Å². The smallest absolute Gasteiger partial charge is 0.326 e. The molecule has 1 amide bonds. The largest absolute Gasteiger partial charge is 0.480 e. The highest BCUT2D eigenvalue weighted by Crippen LogP contribution is 2.17. The zero-order valence-electron chi connectivity index (χ0n) is 12.6. The van der Waals surface area contributed by atoms with E-state index >= 15 is 0 Å². The zero-order valence-corrected chi connectivity index (χ0v) is 13.4. The summed E-state index contributed by atoms with van der Waals surface area (Å²) in [5, 5.41) is 12.3. The maximum atomic E-state index is 11.8. The number of benzene rings is 1. The Bertz CT molecular complexity index is 514. The highest BCUT2D eigenvalue weighted by Gasteiger charge is 2.22. The molecule has 0 aliphatic rings. The summed E-state index contributed by atoms with van der Waals surface area (Å²) in [6.45, 7) is 5.49. The monoisotopic (exact) mass is 311 g/mol. The number of carbonyl (C=O) groups excluding carboxylic acids is 1. The molecule has 0 fully saturated rings. The fourth-order valence-electron chi connectivity index (χ4n) is 2.07. The Kier molecular flexibility index (Phi) is 6.69. The van der Waals surface area contributed by atoms with Crippen LogP contribution in [0.4, 0.5) is 0 Å². The quantitative estimate of drug-likeness (QED) is 0.812. The zero-order chi connectivity index (χ0) is 16.0. The molecule has 0 heterocycles. The van der Waals surface area contributed by atoms with E-state index in [4.69, 9.17) is 16.7 Å². The van der Waals surface area contributed by atoms with Crippen molar-refractivity contribution >= 4 is 23.5 Å². The molecule has 0 aliphatic carbocycles. The first-order chi connectivity index (χ1) is 9.81. The van der Waals surface area contributed by atoms with Crippen molar-refractivity contribution in [3.63, 3.8) is 0 Å². The third kappa shape index (κ3) is 5.76. The van der Waals surface area contributed by atoms with Crippen LogP contribution < -0.4 is 5.32 Å². The number of amides is 1. The van der Waals surface area contributed by atoms with Crippen LogP contribution in [0.1, 0.15) is 37.8 Å². The van der Waals surface area contributed by atoms with E-state index in [1.54, 1.807) is 13.8 Å². The second-order valence-corrected chi connectivity index (χ2v) is 5.97. The van der Waals surface area contributed by atoms with Gasteiger partial charge in [0.05, 0.1) is 0 Å². The van der Waals surface area contributed by atoms with Gasteiger partial charge < -0.3 is 10.4 Å². The molecule has 116 valence electrons. The summed E-state index contributed by atoms with van der Waals surface area (Å²) in [5.74, 6) is -1.35. The van der Waals surface area contributed by atoms with Gasteiger partial charge in [0.15, 0.2) is 0 Å². The number of carboxylic acids is 1. The summed E-state index contributed by atoms with van der Waals surface area (Å²) < 4.78 is 0. The van der Waals surface area contributed by atoms with Crippen molar-refractivity contribution in [3.8, 4) is 0 Å². The standard InChI is InChI=1S/C16H22ClNO3/c1-10(2)15(16(20)21)18-14(19)6-4-5-12-7-8-13(17)11(3)9-12/h7-10,15H,4-6H2,1-3H3,(H,18,19)(H,20,21). The van der Waals surface area contributed by atoms with Gasteiger partial charge >= 0.3 is 5.97 Å². The molecule has 0 saturated heterocycles. The first-order valence-corrected chi connectivity index (χ1v) is 7.46. The van der Waals surface area contributed by atoms with Crippen molar-refractivity contribution in [3.05, 3.63) is 34.3 Å². The van der Waals surface area contributed by atoms with Crippen molar-refractivity contribution in [2.45, 2.75) is 46.1 Å². The second kappa shape index (κ2) is 8.03. The van der Waals surface area contributed by atoms with Gasteiger partial charge in [0, 0.05) is 11.4 Å². The first-order valence-electron chi connectivity index (χ1n) is 7.08. The molecule has 0 aliphatic heterocycles. The average molecular weight is 312 g/mol. The molecule has 0 radical (unpaired) electrons. The van der Waals surface area contributed by atoms with Crippen LogP contribution in [0, 0.1) is 12.8 Å². The van der Waals surface area contributed by atoms with Crippen LogP contribution in [0.2, 0.25) is 5.02 Å². The second-order valence-electron chi connectivity index (χ2n) is 5.56. The minimum Gasteiger partial charge on any atom is -0.480 e. The molecule has 1 aromatic rings. The van der Waals surface area contributed by atoms with Crippen molar-refractivity contribution < 1.29 is 14.7 Å². The minimum absolute atomic E-state index is 0.134. The van der Waals surface area contributed by atoms with Gasteiger partial charge in [-0.2, -0.15) is 0 Å². The Balaban J connectivity index is 2.42. The summed E-state index contributed by atoms with van der Waals surface area (Å²) in [4.78, 5) is 22.8. The van der Waals surface area contributed by atoms with E-state index < -0.39 is 12.0 Å². The van der Waals surface area contributed by atoms with Crippen LogP contribution in [0.25, 0.3) is 0 Å². The fourth-order valence-corrected chi connectivity index (χ4v) is 2.19. The Labute approximate surface area is 130 Å². The molecule has 0 saturated carbocycles. The summed E-state index contributed by atoms with van der Waals surface area (Å²) in [5.41, 5.74) is 2.15. The molecule has 0 aromatic heterocycles. The van der Waals surface area contributed by atoms with Crippen LogP contribution in [0.15, 0.2) is 18.2 Å². The summed E-state index contributed by atoms with van der Waals surface area (Å²) in [6, 6.07) is 4.98. The molecule has 1 unspecified atom stereocenters. The lowest BCUT2D eigenvalue weighted by atomic mass is 10.0. The van der Waals surface area contributed by atoms with Crippen molar-refractivity contribution in [1.82, 2.24) is 5.32 Å². The van der Waals surface area contributed by atoms with E-state index in [0.717, 1.165) is 22.6 Å². The molecular weight excluding hydrogens is 290 g/mol. The molecule has 1 aromatic carbocycles. The van der Waals surface area contributed by atoms with Gasteiger partial charge in [-0.25, -0.2) is 4.79 Å². The summed E-state index contributed by atoms with van der Waals surface area (Å²) in [7, 11) is 0. The lowest BCUT2D eigenvalue weighted by molar-refractivity contribution is -0.143. The van der Waals surface area contributed by atoms with Gasteiger partial charge in [0.2, 0.25) is 5.91 Å². The van der Waals surface area contributed by atoms with Crippen LogP contribution in [0.5, 0.6) is 0 Å². The molecule has 2 N–H and O–H groups in total. The van der Waals surface area contributed by atoms with Gasteiger partial charge in [-0.1, -0.05) is 37.6 Å². The van der Waals surface area contributed by atoms with Gasteiger partial charge in [0.25, 0.3) is 0 Å². The SMILES string of the molecule is Cc1cc(CCCC(=O)NC(C(=O)O)C(C)C)ccc1Cl. The summed E-state index contributed by atoms with van der Waals surface area (Å²) in [6.07, 6.45) is 1.76. The number of carbonyl (C=O) groups is 2. The number of hydrogen-bond acceptors (Lipinski definition) is 2. The minimum atomic E-state index is -0.994. The van der Waals surface area contributed by atoms with E-state index in [0.29, 0.717) is 12.8 Å². The van der Waals surface area contributed by atoms with Crippen molar-refractivity contribution in [1.29, 1.82) is 0 Å². The predicted octanol–water partition coefficient (Wildman–Crippen LogP) is 3.20. The molecule has 1 atom stereocenters. The Morgan fingerprint density at radius 1 is 1.33 bits per heavy atom. The Morgan fingerprint density at radius 3 is 2.52 bits per heavy atom. The predicted molar refractivity (Wildman–Crippen MR) is 83.5 cm³/mol. The van der Waals surface area contributed by atoms with Gasteiger partial charge in [-0.3, -0.25) is 4.79 Å². The Morgan fingerprint density at radius 2 is 2.00 bits per heavy atom. The number of aryl methyl sites for hydroxylation is 2. The lowest BCUT2D eigenvalue weighted by Crippen LogP contribution is -2.44. The first kappa shape index (κ1) is 17.5. The summed E-state index contributed by atoms with van der Waals surface area (Å²) >= 11 is 5.96. The molecular formula is C16H22ClNO3. The fraction of sp³-hybridized carbons (Fsp3) is 0.500. The van der Waals surface area contributed by atoms with E-state index in [1.807, 2.05) is 25.1 Å². The van der Waals surface area contributed by atoms with E-state index in [2.05, 4.69) is 5.32 Å². The van der Waals surface area contributed by atoms with E-state index in [1.165, 1.54) is 0 Å². The van der Waals surface area contributed by atoms with Crippen LogP contribution in [-0.4, -0.2) is 23.0 Å². The number of carboxylic acid groups (broad SMARTS) is 1. The van der Waals surface area contributed by atoms with Crippen LogP contribution in [0.3, 0.4) is 0 Å². The Hall–Kier alpha value is -1.55. The number of nitrogens with one attached hydrogen (secondary N) is 1. The number of aliphatic carboxylic acids is 1. The number of rotatable bonds is 7. The van der Waals surface area contributed by atoms with Crippen LogP contribution in [-0.2, 0) is 16.0 Å². The molecule has 4 nitrogen and oxygen atoms in total. The van der Waals surface area contributed by atoms with Gasteiger partial charge in [-0.05, 0) is 42.9 Å². The maximum Gasteiger partial charge on any atom is 0.326 e. The normalized spacial score (nSPS) is 12.2. The van der Waals surface area contributed by atoms with Crippen molar-refractivity contribution in [2.24, 2.45) is 5.92 Å². The number of halogens is 1.